The lowest BCUT2D eigenvalue weighted by atomic mass is 10.2. The Morgan fingerprint density at radius 1 is 0.880 bits per heavy atom. The van der Waals surface area contributed by atoms with Gasteiger partial charge in [0.15, 0.2) is 5.78 Å². The van der Waals surface area contributed by atoms with Crippen molar-refractivity contribution in [2.24, 2.45) is 0 Å². The minimum Gasteiger partial charge on any atom is -0.295 e. The molecule has 0 aliphatic rings. The maximum absolute atomic E-state index is 12.8. The van der Waals surface area contributed by atoms with Gasteiger partial charge < -0.3 is 0 Å². The largest absolute Gasteiger partial charge is 0.475 e. The molecule has 2 aromatic carbocycles. The van der Waals surface area contributed by atoms with E-state index in [9.17, 15) is 9.36 Å². The first-order chi connectivity index (χ1) is 12.1. The van der Waals surface area contributed by atoms with Crippen LogP contribution in [0, 0.1) is 0 Å². The van der Waals surface area contributed by atoms with Crippen molar-refractivity contribution in [2.75, 3.05) is 6.61 Å². The van der Waals surface area contributed by atoms with E-state index >= 15 is 0 Å². The van der Waals surface area contributed by atoms with E-state index in [-0.39, 0.29) is 25.6 Å². The molecule has 0 N–H and O–H groups in total. The van der Waals surface area contributed by atoms with E-state index < -0.39 is 7.82 Å². The molecular formula is C19H21O5P. The van der Waals surface area contributed by atoms with E-state index in [0.717, 1.165) is 11.1 Å². The van der Waals surface area contributed by atoms with Crippen LogP contribution in [0.5, 0.6) is 0 Å². The van der Waals surface area contributed by atoms with Crippen molar-refractivity contribution in [1.29, 1.82) is 0 Å². The topological polar surface area (TPSA) is 61.8 Å². The lowest BCUT2D eigenvalue weighted by molar-refractivity contribution is -0.112. The SMILES string of the molecule is CC(=O)C=CCOP(=O)(OCc1ccccc1)OCc1ccccc1. The Hall–Kier alpha value is -2.04. The Kier molecular flexibility index (Phi) is 7.76. The van der Waals surface area contributed by atoms with Gasteiger partial charge in [0.2, 0.25) is 0 Å². The molecule has 2 aromatic rings. The fourth-order valence-corrected chi connectivity index (χ4v) is 3.02. The molecule has 0 heterocycles. The Morgan fingerprint density at radius 3 is 1.80 bits per heavy atom. The third-order valence-electron chi connectivity index (χ3n) is 3.15. The normalized spacial score (nSPS) is 11.7. The van der Waals surface area contributed by atoms with E-state index in [2.05, 4.69) is 0 Å². The van der Waals surface area contributed by atoms with Crippen molar-refractivity contribution in [3.8, 4) is 0 Å². The van der Waals surface area contributed by atoms with E-state index in [4.69, 9.17) is 13.6 Å². The summed E-state index contributed by atoms with van der Waals surface area (Å²) in [6.07, 6.45) is 2.82. The van der Waals surface area contributed by atoms with Gasteiger partial charge in [-0.05, 0) is 24.1 Å². The van der Waals surface area contributed by atoms with Crippen LogP contribution in [0.3, 0.4) is 0 Å². The zero-order valence-electron chi connectivity index (χ0n) is 14.0. The molecular weight excluding hydrogens is 339 g/mol. The van der Waals surface area contributed by atoms with Gasteiger partial charge in [-0.1, -0.05) is 66.7 Å². The number of ketones is 1. The van der Waals surface area contributed by atoms with Crippen molar-refractivity contribution in [1.82, 2.24) is 0 Å². The predicted molar refractivity (Wildman–Crippen MR) is 95.8 cm³/mol. The molecule has 0 unspecified atom stereocenters. The number of hydrogen-bond acceptors (Lipinski definition) is 5. The molecule has 0 aromatic heterocycles. The van der Waals surface area contributed by atoms with Crippen LogP contribution in [-0.2, 0) is 36.1 Å². The highest BCUT2D eigenvalue weighted by atomic mass is 31.2. The molecule has 132 valence electrons. The monoisotopic (exact) mass is 360 g/mol. The molecule has 0 atom stereocenters. The van der Waals surface area contributed by atoms with Crippen molar-refractivity contribution in [3.05, 3.63) is 83.9 Å². The molecule has 0 bridgehead atoms. The number of allylic oxidation sites excluding steroid dienone is 1. The van der Waals surface area contributed by atoms with Crippen LogP contribution in [0.4, 0.5) is 0 Å². The first kappa shape index (κ1) is 19.3. The number of hydrogen-bond donors (Lipinski definition) is 0. The van der Waals surface area contributed by atoms with Crippen molar-refractivity contribution in [3.63, 3.8) is 0 Å². The molecule has 25 heavy (non-hydrogen) atoms. The second-order valence-corrected chi connectivity index (χ2v) is 6.94. The third-order valence-corrected chi connectivity index (χ3v) is 4.50. The van der Waals surface area contributed by atoms with Crippen LogP contribution >= 0.6 is 7.82 Å². The number of phosphoric acid groups is 1. The maximum atomic E-state index is 12.8. The van der Waals surface area contributed by atoms with Crippen LogP contribution in [0.1, 0.15) is 18.1 Å². The summed E-state index contributed by atoms with van der Waals surface area (Å²) in [5.74, 6) is -0.117. The van der Waals surface area contributed by atoms with Gasteiger partial charge in [0, 0.05) is 0 Å². The van der Waals surface area contributed by atoms with Gasteiger partial charge in [-0.3, -0.25) is 18.4 Å². The van der Waals surface area contributed by atoms with Crippen LogP contribution < -0.4 is 0 Å². The molecule has 2 rings (SSSR count). The molecule has 0 fully saturated rings. The Labute approximate surface area is 147 Å². The summed E-state index contributed by atoms with van der Waals surface area (Å²) in [7, 11) is -3.77. The summed E-state index contributed by atoms with van der Waals surface area (Å²) in [5, 5.41) is 0. The smallest absolute Gasteiger partial charge is 0.295 e. The van der Waals surface area contributed by atoms with Gasteiger partial charge in [0.05, 0.1) is 19.8 Å². The minimum absolute atomic E-state index is 0.0412. The minimum atomic E-state index is -3.77. The average molecular weight is 360 g/mol. The van der Waals surface area contributed by atoms with Gasteiger partial charge in [0.25, 0.3) is 0 Å². The molecule has 0 saturated carbocycles. The van der Waals surface area contributed by atoms with Crippen LogP contribution in [0.25, 0.3) is 0 Å². The highest BCUT2D eigenvalue weighted by molar-refractivity contribution is 7.48. The summed E-state index contributed by atoms with van der Waals surface area (Å²) in [6.45, 7) is 1.58. The van der Waals surface area contributed by atoms with Crippen LogP contribution in [-0.4, -0.2) is 12.4 Å². The van der Waals surface area contributed by atoms with E-state index in [1.54, 1.807) is 0 Å². The van der Waals surface area contributed by atoms with Crippen molar-refractivity contribution in [2.45, 2.75) is 20.1 Å². The van der Waals surface area contributed by atoms with E-state index in [0.29, 0.717) is 0 Å². The van der Waals surface area contributed by atoms with E-state index in [1.807, 2.05) is 60.7 Å². The molecule has 0 radical (unpaired) electrons. The lowest BCUT2D eigenvalue weighted by Crippen LogP contribution is -2.02. The van der Waals surface area contributed by atoms with Gasteiger partial charge in [-0.15, -0.1) is 0 Å². The maximum Gasteiger partial charge on any atom is 0.475 e. The van der Waals surface area contributed by atoms with Gasteiger partial charge in [0.1, 0.15) is 0 Å². The standard InChI is InChI=1S/C19H21O5P/c1-17(20)9-8-14-22-25(21,23-15-18-10-4-2-5-11-18)24-16-19-12-6-3-7-13-19/h2-13H,14-16H2,1H3. The fraction of sp³-hybridized carbons (Fsp3) is 0.211. The quantitative estimate of drug-likeness (QED) is 0.454. The molecule has 5 nitrogen and oxygen atoms in total. The number of benzene rings is 2. The number of rotatable bonds is 10. The molecule has 0 aliphatic heterocycles. The molecule has 0 saturated heterocycles. The summed E-state index contributed by atoms with van der Waals surface area (Å²) in [6, 6.07) is 18.7. The average Bonchev–Trinajstić information content (AvgIpc) is 2.64. The molecule has 0 amide bonds. The van der Waals surface area contributed by atoms with Crippen LogP contribution in [0.15, 0.2) is 72.8 Å². The summed E-state index contributed by atoms with van der Waals surface area (Å²) < 4.78 is 29.0. The Morgan fingerprint density at radius 2 is 1.36 bits per heavy atom. The predicted octanol–water partition coefficient (Wildman–Crippen LogP) is 4.69. The third kappa shape index (κ3) is 7.59. The van der Waals surface area contributed by atoms with Gasteiger partial charge in [-0.2, -0.15) is 0 Å². The summed E-state index contributed by atoms with van der Waals surface area (Å²) in [4.78, 5) is 10.9. The van der Waals surface area contributed by atoms with Crippen molar-refractivity contribution < 1.29 is 22.9 Å². The molecule has 0 spiro atoms. The Balaban J connectivity index is 1.98. The molecule has 0 aliphatic carbocycles. The first-order valence-corrected chi connectivity index (χ1v) is 9.32. The number of carbonyl (C=O) groups is 1. The van der Waals surface area contributed by atoms with Crippen molar-refractivity contribution >= 4 is 13.6 Å². The first-order valence-electron chi connectivity index (χ1n) is 7.86. The second kappa shape index (κ2) is 10.1. The molecule has 6 heteroatoms. The highest BCUT2D eigenvalue weighted by Gasteiger charge is 2.26. The van der Waals surface area contributed by atoms with Gasteiger partial charge >= 0.3 is 7.82 Å². The summed E-state index contributed by atoms with van der Waals surface area (Å²) in [5.41, 5.74) is 1.71. The van der Waals surface area contributed by atoms with Crippen LogP contribution in [0.2, 0.25) is 0 Å². The fourth-order valence-electron chi connectivity index (χ4n) is 1.92. The zero-order valence-corrected chi connectivity index (χ0v) is 14.9. The summed E-state index contributed by atoms with van der Waals surface area (Å²) >= 11 is 0. The lowest BCUT2D eigenvalue weighted by Gasteiger charge is -2.17. The highest BCUT2D eigenvalue weighted by Crippen LogP contribution is 2.50. The zero-order chi connectivity index (χ0) is 18.0. The Bertz CT molecular complexity index is 680. The van der Waals surface area contributed by atoms with E-state index in [1.165, 1.54) is 19.1 Å². The second-order valence-electron chi connectivity index (χ2n) is 5.27. The number of phosphoric ester groups is 1. The van der Waals surface area contributed by atoms with Gasteiger partial charge in [-0.25, -0.2) is 4.57 Å². The number of carbonyl (C=O) groups excluding carboxylic acids is 1.